The Morgan fingerprint density at radius 2 is 1.93 bits per heavy atom. The SMILES string of the molecule is CCC[C@H](NC(=O)COC(=O)c1cc(C)n(C2CC2)c1C)c1ccccc1. The highest BCUT2D eigenvalue weighted by Crippen LogP contribution is 2.38. The van der Waals surface area contributed by atoms with Crippen molar-refractivity contribution in [1.82, 2.24) is 9.88 Å². The van der Waals surface area contributed by atoms with Gasteiger partial charge in [0, 0.05) is 17.4 Å². The average molecular weight is 368 g/mol. The number of nitrogens with zero attached hydrogens (tertiary/aromatic N) is 1. The zero-order chi connectivity index (χ0) is 19.4. The number of hydrogen-bond acceptors (Lipinski definition) is 3. The van der Waals surface area contributed by atoms with E-state index in [9.17, 15) is 9.59 Å². The maximum absolute atomic E-state index is 12.4. The molecule has 5 heteroatoms. The number of esters is 1. The molecule has 1 saturated carbocycles. The van der Waals surface area contributed by atoms with E-state index in [2.05, 4.69) is 16.8 Å². The van der Waals surface area contributed by atoms with Crippen LogP contribution in [0.3, 0.4) is 0 Å². The first-order valence-corrected chi connectivity index (χ1v) is 9.71. The molecule has 1 aromatic carbocycles. The molecule has 1 aliphatic carbocycles. The molecule has 2 aromatic rings. The number of nitrogens with one attached hydrogen (secondary N) is 1. The second-order valence-corrected chi connectivity index (χ2v) is 7.28. The highest BCUT2D eigenvalue weighted by atomic mass is 16.5. The van der Waals surface area contributed by atoms with Gasteiger partial charge >= 0.3 is 5.97 Å². The van der Waals surface area contributed by atoms with Gasteiger partial charge in [-0.15, -0.1) is 0 Å². The Morgan fingerprint density at radius 3 is 2.56 bits per heavy atom. The largest absolute Gasteiger partial charge is 0.452 e. The lowest BCUT2D eigenvalue weighted by molar-refractivity contribution is -0.125. The molecule has 1 atom stereocenters. The van der Waals surface area contributed by atoms with Crippen molar-refractivity contribution in [2.75, 3.05) is 6.61 Å². The van der Waals surface area contributed by atoms with Gasteiger partial charge < -0.3 is 14.6 Å². The van der Waals surface area contributed by atoms with E-state index in [4.69, 9.17) is 4.74 Å². The average Bonchev–Trinajstić information content (AvgIpc) is 3.45. The molecular weight excluding hydrogens is 340 g/mol. The molecule has 0 aliphatic heterocycles. The van der Waals surface area contributed by atoms with E-state index < -0.39 is 5.97 Å². The Kier molecular flexibility index (Phi) is 5.99. The number of aromatic nitrogens is 1. The van der Waals surface area contributed by atoms with Gasteiger partial charge in [0.1, 0.15) is 0 Å². The summed E-state index contributed by atoms with van der Waals surface area (Å²) in [5.41, 5.74) is 3.61. The summed E-state index contributed by atoms with van der Waals surface area (Å²) in [6, 6.07) is 12.2. The van der Waals surface area contributed by atoms with E-state index in [1.807, 2.05) is 50.2 Å². The molecule has 5 nitrogen and oxygen atoms in total. The van der Waals surface area contributed by atoms with Crippen LogP contribution in [0.15, 0.2) is 36.4 Å². The van der Waals surface area contributed by atoms with Crippen LogP contribution >= 0.6 is 0 Å². The summed E-state index contributed by atoms with van der Waals surface area (Å²) in [4.78, 5) is 24.8. The maximum atomic E-state index is 12.4. The van der Waals surface area contributed by atoms with Crippen molar-refractivity contribution in [3.63, 3.8) is 0 Å². The Morgan fingerprint density at radius 1 is 1.22 bits per heavy atom. The maximum Gasteiger partial charge on any atom is 0.340 e. The van der Waals surface area contributed by atoms with E-state index in [1.165, 1.54) is 0 Å². The third kappa shape index (κ3) is 4.59. The molecule has 0 unspecified atom stereocenters. The van der Waals surface area contributed by atoms with Crippen LogP contribution < -0.4 is 5.32 Å². The van der Waals surface area contributed by atoms with Crippen LogP contribution in [-0.2, 0) is 9.53 Å². The number of rotatable bonds is 8. The number of hydrogen-bond donors (Lipinski definition) is 1. The lowest BCUT2D eigenvalue weighted by Gasteiger charge is -2.18. The number of ether oxygens (including phenoxy) is 1. The normalized spacial score (nSPS) is 14.6. The van der Waals surface area contributed by atoms with Gasteiger partial charge in [-0.3, -0.25) is 4.79 Å². The van der Waals surface area contributed by atoms with Crippen molar-refractivity contribution in [1.29, 1.82) is 0 Å². The van der Waals surface area contributed by atoms with Crippen molar-refractivity contribution in [3.8, 4) is 0 Å². The van der Waals surface area contributed by atoms with Gasteiger partial charge in [0.2, 0.25) is 0 Å². The van der Waals surface area contributed by atoms with E-state index in [-0.39, 0.29) is 18.6 Å². The highest BCUT2D eigenvalue weighted by Gasteiger charge is 2.29. The number of aryl methyl sites for hydroxylation is 1. The Bertz CT molecular complexity index is 806. The van der Waals surface area contributed by atoms with E-state index in [0.717, 1.165) is 42.6 Å². The van der Waals surface area contributed by atoms with Crippen LogP contribution in [-0.4, -0.2) is 23.1 Å². The standard InChI is InChI=1S/C22H28N2O3/c1-4-8-20(17-9-6-5-7-10-17)23-21(25)14-27-22(26)19-13-15(2)24(16(19)3)18-11-12-18/h5-7,9-10,13,18,20H,4,8,11-12,14H2,1-3H3,(H,23,25)/t20-/m0/s1. The van der Waals surface area contributed by atoms with E-state index >= 15 is 0 Å². The monoisotopic (exact) mass is 368 g/mol. The number of carbonyl (C=O) groups excluding carboxylic acids is 2. The lowest BCUT2D eigenvalue weighted by Crippen LogP contribution is -2.32. The van der Waals surface area contributed by atoms with Crippen molar-refractivity contribution in [3.05, 3.63) is 58.9 Å². The fourth-order valence-corrected chi connectivity index (χ4v) is 3.62. The van der Waals surface area contributed by atoms with Crippen molar-refractivity contribution in [2.24, 2.45) is 0 Å². The molecule has 3 rings (SSSR count). The fraction of sp³-hybridized carbons (Fsp3) is 0.455. The minimum absolute atomic E-state index is 0.0673. The number of carbonyl (C=O) groups is 2. The van der Waals surface area contributed by atoms with Crippen molar-refractivity contribution in [2.45, 2.75) is 58.5 Å². The lowest BCUT2D eigenvalue weighted by atomic mass is 10.0. The molecule has 1 aliphatic rings. The number of amides is 1. The van der Waals surface area contributed by atoms with Gasteiger partial charge in [-0.2, -0.15) is 0 Å². The smallest absolute Gasteiger partial charge is 0.340 e. The van der Waals surface area contributed by atoms with Crippen LogP contribution in [0.4, 0.5) is 0 Å². The molecule has 1 fully saturated rings. The van der Waals surface area contributed by atoms with Gasteiger partial charge in [0.25, 0.3) is 5.91 Å². The third-order valence-electron chi connectivity index (χ3n) is 5.07. The molecule has 1 N–H and O–H groups in total. The van der Waals surface area contributed by atoms with Crippen LogP contribution in [0.1, 0.15) is 72.0 Å². The molecule has 0 radical (unpaired) electrons. The highest BCUT2D eigenvalue weighted by molar-refractivity contribution is 5.92. The molecule has 1 amide bonds. The summed E-state index contributed by atoms with van der Waals surface area (Å²) < 4.78 is 7.49. The quantitative estimate of drug-likeness (QED) is 0.709. The summed E-state index contributed by atoms with van der Waals surface area (Å²) in [6.07, 6.45) is 4.11. The van der Waals surface area contributed by atoms with Crippen molar-refractivity contribution < 1.29 is 14.3 Å². The molecule has 144 valence electrons. The summed E-state index contributed by atoms with van der Waals surface area (Å²) in [5, 5.41) is 2.98. The predicted molar refractivity (Wildman–Crippen MR) is 105 cm³/mol. The first-order chi connectivity index (χ1) is 13.0. The molecule has 27 heavy (non-hydrogen) atoms. The molecule has 0 spiro atoms. The van der Waals surface area contributed by atoms with Crippen LogP contribution in [0.5, 0.6) is 0 Å². The zero-order valence-electron chi connectivity index (χ0n) is 16.3. The molecule has 0 saturated heterocycles. The third-order valence-corrected chi connectivity index (χ3v) is 5.07. The fourth-order valence-electron chi connectivity index (χ4n) is 3.62. The van der Waals surface area contributed by atoms with Crippen LogP contribution in [0, 0.1) is 13.8 Å². The summed E-state index contributed by atoms with van der Waals surface area (Å²) >= 11 is 0. The number of benzene rings is 1. The summed E-state index contributed by atoms with van der Waals surface area (Å²) in [7, 11) is 0. The van der Waals surface area contributed by atoms with E-state index in [0.29, 0.717) is 11.6 Å². The molecule has 1 aromatic heterocycles. The van der Waals surface area contributed by atoms with Crippen molar-refractivity contribution >= 4 is 11.9 Å². The molecule has 0 bridgehead atoms. The summed E-state index contributed by atoms with van der Waals surface area (Å²) in [6.45, 7) is 5.76. The van der Waals surface area contributed by atoms with Gasteiger partial charge in [-0.05, 0) is 44.7 Å². The second kappa shape index (κ2) is 8.42. The van der Waals surface area contributed by atoms with Gasteiger partial charge in [0.05, 0.1) is 11.6 Å². The minimum Gasteiger partial charge on any atom is -0.452 e. The second-order valence-electron chi connectivity index (χ2n) is 7.28. The molecule has 1 heterocycles. The zero-order valence-corrected chi connectivity index (χ0v) is 16.3. The van der Waals surface area contributed by atoms with E-state index in [1.54, 1.807) is 0 Å². The summed E-state index contributed by atoms with van der Waals surface area (Å²) in [5.74, 6) is -0.710. The van der Waals surface area contributed by atoms with Gasteiger partial charge in [0.15, 0.2) is 6.61 Å². The van der Waals surface area contributed by atoms with Crippen LogP contribution in [0.25, 0.3) is 0 Å². The van der Waals surface area contributed by atoms with Crippen LogP contribution in [0.2, 0.25) is 0 Å². The first kappa shape index (κ1) is 19.2. The predicted octanol–water partition coefficient (Wildman–Crippen LogP) is 4.25. The minimum atomic E-state index is -0.433. The van der Waals surface area contributed by atoms with Gasteiger partial charge in [-0.25, -0.2) is 4.79 Å². The first-order valence-electron chi connectivity index (χ1n) is 9.71. The van der Waals surface area contributed by atoms with Gasteiger partial charge in [-0.1, -0.05) is 43.7 Å². The topological polar surface area (TPSA) is 60.3 Å². The Labute approximate surface area is 160 Å². The Balaban J connectivity index is 1.58. The Hall–Kier alpha value is -2.56. The molecular formula is C22H28N2O3.